The van der Waals surface area contributed by atoms with Crippen molar-refractivity contribution in [1.29, 1.82) is 0 Å². The molecule has 6 heteroatoms. The summed E-state index contributed by atoms with van der Waals surface area (Å²) in [5, 5.41) is 3.63. The van der Waals surface area contributed by atoms with E-state index in [2.05, 4.69) is 38.2 Å². The second-order valence-corrected chi connectivity index (χ2v) is 7.19. The van der Waals surface area contributed by atoms with E-state index in [9.17, 15) is 0 Å². The first-order valence-electron chi connectivity index (χ1n) is 8.52. The van der Waals surface area contributed by atoms with Crippen molar-refractivity contribution in [3.8, 4) is 0 Å². The predicted octanol–water partition coefficient (Wildman–Crippen LogP) is 1.41. The summed E-state index contributed by atoms with van der Waals surface area (Å²) in [5.41, 5.74) is 5.94. The topological polar surface area (TPSA) is 70.3 Å². The third-order valence-corrected chi connectivity index (χ3v) is 5.63. The molecule has 2 heterocycles. The molecular weight excluding hydrogens is 276 g/mol. The Morgan fingerprint density at radius 3 is 2.64 bits per heavy atom. The van der Waals surface area contributed by atoms with Gasteiger partial charge in [0.1, 0.15) is 11.6 Å². The standard InChI is InChI=1S/C16H26N6/c1-21-4-6-22(7-5-21)15-10-14(19-16(17)20-15)18-13-9-11-2-3-12(13)8-11/h10-13H,2-9H2,1H3,(H3,17,18,19,20). The summed E-state index contributed by atoms with van der Waals surface area (Å²) in [6.45, 7) is 4.14. The van der Waals surface area contributed by atoms with E-state index in [1.165, 1.54) is 25.7 Å². The highest BCUT2D eigenvalue weighted by molar-refractivity contribution is 5.53. The average molecular weight is 302 g/mol. The Morgan fingerprint density at radius 2 is 1.95 bits per heavy atom. The van der Waals surface area contributed by atoms with Crippen LogP contribution >= 0.6 is 0 Å². The molecule has 3 N–H and O–H groups in total. The van der Waals surface area contributed by atoms with Gasteiger partial charge in [0, 0.05) is 38.3 Å². The van der Waals surface area contributed by atoms with Crippen molar-refractivity contribution in [3.63, 3.8) is 0 Å². The summed E-state index contributed by atoms with van der Waals surface area (Å²) in [5.74, 6) is 4.00. The molecule has 3 unspecified atom stereocenters. The van der Waals surface area contributed by atoms with Crippen molar-refractivity contribution in [1.82, 2.24) is 14.9 Å². The minimum absolute atomic E-state index is 0.377. The fraction of sp³-hybridized carbons (Fsp3) is 0.750. The number of hydrogen-bond acceptors (Lipinski definition) is 6. The van der Waals surface area contributed by atoms with Crippen LogP contribution in [0.2, 0.25) is 0 Å². The molecule has 0 spiro atoms. The van der Waals surface area contributed by atoms with Crippen LogP contribution in [0.15, 0.2) is 6.07 Å². The number of nitrogens with two attached hydrogens (primary N) is 1. The number of fused-ring (bicyclic) bond motifs is 2. The summed E-state index contributed by atoms with van der Waals surface area (Å²) < 4.78 is 0. The zero-order valence-electron chi connectivity index (χ0n) is 13.3. The third-order valence-electron chi connectivity index (χ3n) is 5.63. The third kappa shape index (κ3) is 2.72. The van der Waals surface area contributed by atoms with E-state index in [1.54, 1.807) is 0 Å². The van der Waals surface area contributed by atoms with E-state index in [-0.39, 0.29) is 0 Å². The summed E-state index contributed by atoms with van der Waals surface area (Å²) >= 11 is 0. The van der Waals surface area contributed by atoms with Crippen LogP contribution in [0.3, 0.4) is 0 Å². The molecule has 22 heavy (non-hydrogen) atoms. The molecule has 3 fully saturated rings. The van der Waals surface area contributed by atoms with Gasteiger partial charge in [0.05, 0.1) is 0 Å². The molecule has 1 aliphatic heterocycles. The van der Waals surface area contributed by atoms with Gasteiger partial charge in [-0.3, -0.25) is 0 Å². The van der Waals surface area contributed by atoms with E-state index in [0.29, 0.717) is 12.0 Å². The number of hydrogen-bond donors (Lipinski definition) is 2. The number of rotatable bonds is 3. The lowest BCUT2D eigenvalue weighted by Crippen LogP contribution is -2.45. The quantitative estimate of drug-likeness (QED) is 0.880. The Bertz CT molecular complexity index is 539. The van der Waals surface area contributed by atoms with Crippen molar-refractivity contribution >= 4 is 17.6 Å². The number of nitrogen functional groups attached to an aromatic ring is 1. The summed E-state index contributed by atoms with van der Waals surface area (Å²) in [6, 6.07) is 2.65. The van der Waals surface area contributed by atoms with Gasteiger partial charge in [-0.25, -0.2) is 0 Å². The monoisotopic (exact) mass is 302 g/mol. The van der Waals surface area contributed by atoms with Crippen molar-refractivity contribution in [2.75, 3.05) is 49.2 Å². The lowest BCUT2D eigenvalue weighted by Gasteiger charge is -2.33. The Morgan fingerprint density at radius 1 is 1.14 bits per heavy atom. The van der Waals surface area contributed by atoms with Gasteiger partial charge in [-0.2, -0.15) is 9.97 Å². The molecule has 2 saturated carbocycles. The molecule has 4 rings (SSSR count). The second kappa shape index (κ2) is 5.57. The van der Waals surface area contributed by atoms with E-state index in [4.69, 9.17) is 5.73 Å². The predicted molar refractivity (Wildman–Crippen MR) is 89.0 cm³/mol. The minimum Gasteiger partial charge on any atom is -0.368 e. The van der Waals surface area contributed by atoms with E-state index >= 15 is 0 Å². The molecule has 3 atom stereocenters. The Labute approximate surface area is 132 Å². The zero-order chi connectivity index (χ0) is 15.1. The lowest BCUT2D eigenvalue weighted by molar-refractivity contribution is 0.312. The largest absolute Gasteiger partial charge is 0.368 e. The van der Waals surface area contributed by atoms with Crippen molar-refractivity contribution in [3.05, 3.63) is 6.07 Å². The Kier molecular flexibility index (Phi) is 3.56. The Hall–Kier alpha value is -1.56. The van der Waals surface area contributed by atoms with Crippen LogP contribution in [-0.4, -0.2) is 54.1 Å². The normalized spacial score (nSPS) is 31.7. The van der Waals surface area contributed by atoms with Gasteiger partial charge in [-0.1, -0.05) is 6.42 Å². The highest BCUT2D eigenvalue weighted by atomic mass is 15.3. The molecule has 6 nitrogen and oxygen atoms in total. The highest BCUT2D eigenvalue weighted by Crippen LogP contribution is 2.45. The van der Waals surface area contributed by atoms with Crippen LogP contribution in [-0.2, 0) is 0 Å². The molecular formula is C16H26N6. The SMILES string of the molecule is CN1CCN(c2cc(NC3CC4CCC3C4)nc(N)n2)CC1. The maximum Gasteiger partial charge on any atom is 0.223 e. The molecule has 1 aromatic heterocycles. The van der Waals surface area contributed by atoms with Crippen LogP contribution < -0.4 is 16.0 Å². The molecule has 1 saturated heterocycles. The molecule has 0 aromatic carbocycles. The molecule has 0 amide bonds. The number of nitrogens with one attached hydrogen (secondary N) is 1. The number of likely N-dealkylation sites (N-methyl/N-ethyl adjacent to an activating group) is 1. The first-order chi connectivity index (χ1) is 10.7. The van der Waals surface area contributed by atoms with E-state index in [1.807, 2.05) is 0 Å². The maximum atomic E-state index is 5.94. The molecule has 2 aliphatic carbocycles. The van der Waals surface area contributed by atoms with Gasteiger partial charge in [-0.05, 0) is 38.1 Å². The molecule has 1 aromatic rings. The molecule has 3 aliphatic rings. The van der Waals surface area contributed by atoms with Crippen LogP contribution in [0.4, 0.5) is 17.6 Å². The van der Waals surface area contributed by atoms with Crippen LogP contribution in [0.5, 0.6) is 0 Å². The van der Waals surface area contributed by atoms with Crippen LogP contribution in [0.25, 0.3) is 0 Å². The smallest absolute Gasteiger partial charge is 0.223 e. The Balaban J connectivity index is 1.48. The fourth-order valence-electron chi connectivity index (χ4n) is 4.34. The van der Waals surface area contributed by atoms with Crippen molar-refractivity contribution < 1.29 is 0 Å². The maximum absolute atomic E-state index is 5.94. The van der Waals surface area contributed by atoms with Crippen LogP contribution in [0, 0.1) is 11.8 Å². The zero-order valence-corrected chi connectivity index (χ0v) is 13.3. The second-order valence-electron chi connectivity index (χ2n) is 7.19. The van der Waals surface area contributed by atoms with E-state index < -0.39 is 0 Å². The van der Waals surface area contributed by atoms with Gasteiger partial charge in [0.15, 0.2) is 0 Å². The van der Waals surface area contributed by atoms with Gasteiger partial charge < -0.3 is 20.9 Å². The lowest BCUT2D eigenvalue weighted by atomic mass is 9.95. The number of anilines is 3. The number of piperazine rings is 1. The molecule has 120 valence electrons. The molecule has 2 bridgehead atoms. The number of aromatic nitrogens is 2. The number of nitrogens with zero attached hydrogens (tertiary/aromatic N) is 4. The van der Waals surface area contributed by atoms with Gasteiger partial charge >= 0.3 is 0 Å². The van der Waals surface area contributed by atoms with E-state index in [0.717, 1.165) is 49.7 Å². The van der Waals surface area contributed by atoms with Crippen molar-refractivity contribution in [2.45, 2.75) is 31.7 Å². The summed E-state index contributed by atoms with van der Waals surface area (Å²) in [6.07, 6.45) is 5.47. The molecule has 0 radical (unpaired) electrons. The van der Waals surface area contributed by atoms with Crippen molar-refractivity contribution in [2.24, 2.45) is 11.8 Å². The first kappa shape index (κ1) is 14.1. The van der Waals surface area contributed by atoms with Crippen LogP contribution in [0.1, 0.15) is 25.7 Å². The van der Waals surface area contributed by atoms with Gasteiger partial charge in [-0.15, -0.1) is 0 Å². The summed E-state index contributed by atoms with van der Waals surface area (Å²) in [4.78, 5) is 13.5. The van der Waals surface area contributed by atoms with Gasteiger partial charge in [0.25, 0.3) is 0 Å². The first-order valence-corrected chi connectivity index (χ1v) is 8.52. The summed E-state index contributed by atoms with van der Waals surface area (Å²) in [7, 11) is 2.16. The average Bonchev–Trinajstić information content (AvgIpc) is 3.10. The highest BCUT2D eigenvalue weighted by Gasteiger charge is 2.39. The van der Waals surface area contributed by atoms with Gasteiger partial charge in [0.2, 0.25) is 5.95 Å². The fourth-order valence-corrected chi connectivity index (χ4v) is 4.34. The minimum atomic E-state index is 0.377.